The SMILES string of the molecule is COc1ccc2c(COC(=O)CNS(=O)(=O)c3ccc(F)cc3)cc(=O)oc2c1. The molecule has 0 unspecified atom stereocenters. The fraction of sp³-hybridized carbons (Fsp3) is 0.158. The minimum absolute atomic E-state index is 0.188. The summed E-state index contributed by atoms with van der Waals surface area (Å²) in [6.07, 6.45) is 0. The highest BCUT2D eigenvalue weighted by Gasteiger charge is 2.17. The molecule has 0 spiro atoms. The second-order valence-corrected chi connectivity index (χ2v) is 7.66. The first-order chi connectivity index (χ1) is 13.8. The minimum atomic E-state index is -4.00. The van der Waals surface area contributed by atoms with E-state index >= 15 is 0 Å². The number of esters is 1. The van der Waals surface area contributed by atoms with Gasteiger partial charge in [-0.15, -0.1) is 0 Å². The van der Waals surface area contributed by atoms with Crippen molar-refractivity contribution >= 4 is 27.0 Å². The number of hydrogen-bond donors (Lipinski definition) is 1. The molecule has 0 fully saturated rings. The van der Waals surface area contributed by atoms with Crippen LogP contribution in [0.5, 0.6) is 5.75 Å². The highest BCUT2D eigenvalue weighted by atomic mass is 32.2. The van der Waals surface area contributed by atoms with Crippen molar-refractivity contribution in [3.8, 4) is 5.75 Å². The van der Waals surface area contributed by atoms with Crippen LogP contribution in [0.25, 0.3) is 11.0 Å². The van der Waals surface area contributed by atoms with Gasteiger partial charge in [0, 0.05) is 23.1 Å². The van der Waals surface area contributed by atoms with E-state index in [2.05, 4.69) is 4.72 Å². The Labute approximate surface area is 164 Å². The number of carbonyl (C=O) groups excluding carboxylic acids is 1. The molecule has 152 valence electrons. The fourth-order valence-corrected chi connectivity index (χ4v) is 3.49. The van der Waals surface area contributed by atoms with Crippen LogP contribution in [0, 0.1) is 5.82 Å². The van der Waals surface area contributed by atoms with E-state index in [1.807, 2.05) is 0 Å². The van der Waals surface area contributed by atoms with Crippen LogP contribution in [0.15, 0.2) is 62.6 Å². The topological polar surface area (TPSA) is 112 Å². The maximum atomic E-state index is 12.9. The summed E-state index contributed by atoms with van der Waals surface area (Å²) in [4.78, 5) is 23.5. The van der Waals surface area contributed by atoms with Crippen molar-refractivity contribution in [2.75, 3.05) is 13.7 Å². The highest BCUT2D eigenvalue weighted by Crippen LogP contribution is 2.23. The lowest BCUT2D eigenvalue weighted by Gasteiger charge is -2.09. The molecule has 0 aliphatic rings. The molecule has 3 aromatic rings. The quantitative estimate of drug-likeness (QED) is 0.458. The molecule has 3 rings (SSSR count). The maximum absolute atomic E-state index is 12.9. The molecule has 10 heteroatoms. The lowest BCUT2D eigenvalue weighted by molar-refractivity contribution is -0.143. The lowest BCUT2D eigenvalue weighted by Crippen LogP contribution is -2.30. The van der Waals surface area contributed by atoms with Crippen molar-refractivity contribution < 1.29 is 31.5 Å². The van der Waals surface area contributed by atoms with Crippen LogP contribution in [-0.2, 0) is 26.2 Å². The average Bonchev–Trinajstić information content (AvgIpc) is 2.70. The van der Waals surface area contributed by atoms with E-state index < -0.39 is 34.0 Å². The molecular weight excluding hydrogens is 405 g/mol. The van der Waals surface area contributed by atoms with E-state index in [4.69, 9.17) is 13.9 Å². The summed E-state index contributed by atoms with van der Waals surface area (Å²) < 4.78 is 54.4. The number of methoxy groups -OCH3 is 1. The normalized spacial score (nSPS) is 11.4. The Hall–Kier alpha value is -3.24. The Morgan fingerprint density at radius 1 is 1.14 bits per heavy atom. The molecule has 0 aliphatic heterocycles. The maximum Gasteiger partial charge on any atom is 0.336 e. The third-order valence-electron chi connectivity index (χ3n) is 3.96. The van der Waals surface area contributed by atoms with Crippen LogP contribution in [0.3, 0.4) is 0 Å². The summed E-state index contributed by atoms with van der Waals surface area (Å²) in [6.45, 7) is -0.890. The number of carbonyl (C=O) groups is 1. The number of fused-ring (bicyclic) bond motifs is 1. The van der Waals surface area contributed by atoms with Gasteiger partial charge in [-0.1, -0.05) is 0 Å². The van der Waals surface area contributed by atoms with Gasteiger partial charge in [-0.05, 0) is 36.4 Å². The van der Waals surface area contributed by atoms with Gasteiger partial charge in [-0.2, -0.15) is 4.72 Å². The molecule has 0 aliphatic carbocycles. The number of nitrogens with one attached hydrogen (secondary N) is 1. The van der Waals surface area contributed by atoms with Gasteiger partial charge in [0.1, 0.15) is 30.3 Å². The number of benzene rings is 2. The third kappa shape index (κ3) is 4.98. The van der Waals surface area contributed by atoms with Gasteiger partial charge in [-0.25, -0.2) is 17.6 Å². The predicted molar refractivity (Wildman–Crippen MR) is 100 cm³/mol. The summed E-state index contributed by atoms with van der Waals surface area (Å²) in [6, 6.07) is 10.2. The van der Waals surface area contributed by atoms with Crippen LogP contribution in [0.2, 0.25) is 0 Å². The van der Waals surface area contributed by atoms with E-state index in [1.165, 1.54) is 19.2 Å². The van der Waals surface area contributed by atoms with Crippen LogP contribution >= 0.6 is 0 Å². The van der Waals surface area contributed by atoms with Crippen molar-refractivity contribution in [2.24, 2.45) is 0 Å². The summed E-state index contributed by atoms with van der Waals surface area (Å²) in [7, 11) is -2.53. The zero-order chi connectivity index (χ0) is 21.0. The van der Waals surface area contributed by atoms with E-state index in [0.717, 1.165) is 24.3 Å². The van der Waals surface area contributed by atoms with Crippen molar-refractivity contribution in [3.05, 3.63) is 70.3 Å². The molecule has 0 atom stereocenters. The molecule has 1 aromatic heterocycles. The molecule has 0 amide bonds. The zero-order valence-corrected chi connectivity index (χ0v) is 16.0. The van der Waals surface area contributed by atoms with Gasteiger partial charge < -0.3 is 13.9 Å². The highest BCUT2D eigenvalue weighted by molar-refractivity contribution is 7.89. The van der Waals surface area contributed by atoms with Gasteiger partial charge in [0.2, 0.25) is 10.0 Å². The van der Waals surface area contributed by atoms with Gasteiger partial charge in [0.05, 0.1) is 12.0 Å². The standard InChI is InChI=1S/C19H16FNO7S/c1-26-14-4-7-16-12(8-18(22)28-17(16)9-14)11-27-19(23)10-21-29(24,25)15-5-2-13(20)3-6-15/h2-9,21H,10-11H2,1H3. The summed E-state index contributed by atoms with van der Waals surface area (Å²) in [5, 5.41) is 0.546. The first-order valence-corrected chi connectivity index (χ1v) is 9.78. The summed E-state index contributed by atoms with van der Waals surface area (Å²) in [5.74, 6) is -0.948. The van der Waals surface area contributed by atoms with Crippen molar-refractivity contribution in [2.45, 2.75) is 11.5 Å². The number of sulfonamides is 1. The third-order valence-corrected chi connectivity index (χ3v) is 5.37. The largest absolute Gasteiger partial charge is 0.497 e. The molecule has 8 nitrogen and oxygen atoms in total. The summed E-state index contributed by atoms with van der Waals surface area (Å²) >= 11 is 0. The Balaban J connectivity index is 1.66. The van der Waals surface area contributed by atoms with E-state index in [9.17, 15) is 22.4 Å². The first-order valence-electron chi connectivity index (χ1n) is 8.30. The number of hydrogen-bond acceptors (Lipinski definition) is 7. The van der Waals surface area contributed by atoms with Crippen LogP contribution in [-0.4, -0.2) is 28.0 Å². The molecule has 29 heavy (non-hydrogen) atoms. The Bertz CT molecular complexity index is 1200. The van der Waals surface area contributed by atoms with Crippen LogP contribution < -0.4 is 15.1 Å². The van der Waals surface area contributed by atoms with Gasteiger partial charge >= 0.3 is 11.6 Å². The molecule has 0 bridgehead atoms. The molecule has 0 saturated carbocycles. The van der Waals surface area contributed by atoms with E-state index in [0.29, 0.717) is 16.7 Å². The summed E-state index contributed by atoms with van der Waals surface area (Å²) in [5.41, 5.74) is 0.0300. The smallest absolute Gasteiger partial charge is 0.336 e. The van der Waals surface area contributed by atoms with Gasteiger partial charge in [0.25, 0.3) is 0 Å². The molecule has 1 N–H and O–H groups in total. The monoisotopic (exact) mass is 421 g/mol. The van der Waals surface area contributed by atoms with E-state index in [-0.39, 0.29) is 17.1 Å². The number of rotatable bonds is 7. The lowest BCUT2D eigenvalue weighted by atomic mass is 10.1. The zero-order valence-electron chi connectivity index (χ0n) is 15.2. The molecule has 2 aromatic carbocycles. The Kier molecular flexibility index (Phi) is 5.95. The second kappa shape index (κ2) is 8.41. The van der Waals surface area contributed by atoms with Crippen molar-refractivity contribution in [1.29, 1.82) is 0 Å². The van der Waals surface area contributed by atoms with Crippen molar-refractivity contribution in [3.63, 3.8) is 0 Å². The molecular formula is C19H16FNO7S. The molecule has 0 radical (unpaired) electrons. The second-order valence-electron chi connectivity index (χ2n) is 5.89. The van der Waals surface area contributed by atoms with Crippen LogP contribution in [0.4, 0.5) is 4.39 Å². The minimum Gasteiger partial charge on any atom is -0.497 e. The Morgan fingerprint density at radius 3 is 2.55 bits per heavy atom. The van der Waals surface area contributed by atoms with Crippen molar-refractivity contribution in [1.82, 2.24) is 4.72 Å². The van der Waals surface area contributed by atoms with Gasteiger partial charge in [-0.3, -0.25) is 4.79 Å². The molecule has 0 saturated heterocycles. The fourth-order valence-electron chi connectivity index (χ4n) is 2.52. The Morgan fingerprint density at radius 2 is 1.86 bits per heavy atom. The molecule has 1 heterocycles. The average molecular weight is 421 g/mol. The van der Waals surface area contributed by atoms with Gasteiger partial charge in [0.15, 0.2) is 0 Å². The van der Waals surface area contributed by atoms with Crippen LogP contribution in [0.1, 0.15) is 5.56 Å². The number of halogens is 1. The first kappa shape index (κ1) is 20.5. The van der Waals surface area contributed by atoms with E-state index in [1.54, 1.807) is 12.1 Å². The number of ether oxygens (including phenoxy) is 2. The predicted octanol–water partition coefficient (Wildman–Crippen LogP) is 1.96.